The fourth-order valence-electron chi connectivity index (χ4n) is 3.01. The Bertz CT molecular complexity index is 1060. The minimum atomic E-state index is -0.155. The quantitative estimate of drug-likeness (QED) is 0.678. The smallest absolute Gasteiger partial charge is 0.278 e. The molecule has 0 radical (unpaired) electrons. The zero-order valence-corrected chi connectivity index (χ0v) is 16.2. The van der Waals surface area contributed by atoms with Gasteiger partial charge in [-0.3, -0.25) is 14.6 Å². The van der Waals surface area contributed by atoms with E-state index in [-0.39, 0.29) is 5.91 Å². The van der Waals surface area contributed by atoms with Crippen molar-refractivity contribution in [3.05, 3.63) is 52.5 Å². The minimum absolute atomic E-state index is 0.155. The Morgan fingerprint density at radius 3 is 2.85 bits per heavy atom. The topological polar surface area (TPSA) is 48.8 Å². The predicted octanol–water partition coefficient (Wildman–Crippen LogP) is 4.24. The zero-order chi connectivity index (χ0) is 18.4. The lowest BCUT2D eigenvalue weighted by atomic mass is 10.1. The molecule has 0 saturated carbocycles. The van der Waals surface area contributed by atoms with Crippen LogP contribution >= 0.6 is 22.9 Å². The van der Waals surface area contributed by atoms with Crippen LogP contribution in [0.5, 0.6) is 0 Å². The second kappa shape index (κ2) is 6.46. The largest absolute Gasteiger partial charge is 0.293 e. The molecule has 0 fully saturated rings. The van der Waals surface area contributed by atoms with E-state index in [0.29, 0.717) is 28.1 Å². The fraction of sp³-hybridized carbons (Fsp3) is 0.211. The molecule has 0 bridgehead atoms. The van der Waals surface area contributed by atoms with Crippen molar-refractivity contribution in [1.29, 1.82) is 0 Å². The van der Waals surface area contributed by atoms with Gasteiger partial charge in [-0.15, -0.1) is 0 Å². The molecule has 1 aliphatic rings. The number of halogens is 1. The molecule has 1 aromatic heterocycles. The van der Waals surface area contributed by atoms with E-state index in [1.807, 2.05) is 50.2 Å². The lowest BCUT2D eigenvalue weighted by Gasteiger charge is -2.21. The Kier molecular flexibility index (Phi) is 4.26. The van der Waals surface area contributed by atoms with Crippen LogP contribution in [0.3, 0.4) is 0 Å². The van der Waals surface area contributed by atoms with E-state index in [4.69, 9.17) is 11.6 Å². The lowest BCUT2D eigenvalue weighted by Crippen LogP contribution is -2.37. The van der Waals surface area contributed by atoms with Crippen LogP contribution in [0.4, 0.5) is 10.8 Å². The molecule has 1 amide bonds. The van der Waals surface area contributed by atoms with Gasteiger partial charge in [0.2, 0.25) is 5.13 Å². The van der Waals surface area contributed by atoms with E-state index in [0.717, 1.165) is 15.9 Å². The second-order valence-corrected chi connectivity index (χ2v) is 7.93. The molecular weight excluding hydrogens is 368 g/mol. The molecule has 3 aromatic rings. The summed E-state index contributed by atoms with van der Waals surface area (Å²) >= 11 is 7.88. The average molecular weight is 385 g/mol. The summed E-state index contributed by atoms with van der Waals surface area (Å²) in [6.07, 6.45) is 0. The molecule has 0 unspecified atom stereocenters. The Morgan fingerprint density at radius 1 is 1.27 bits per heavy atom. The molecule has 26 heavy (non-hydrogen) atoms. The van der Waals surface area contributed by atoms with E-state index in [9.17, 15) is 4.79 Å². The molecule has 0 atom stereocenters. The van der Waals surface area contributed by atoms with Crippen LogP contribution in [0.25, 0.3) is 10.2 Å². The summed E-state index contributed by atoms with van der Waals surface area (Å²) < 4.78 is 1.05. The molecule has 2 aromatic carbocycles. The first kappa shape index (κ1) is 17.1. The maximum absolute atomic E-state index is 13.0. The zero-order valence-electron chi connectivity index (χ0n) is 14.7. The van der Waals surface area contributed by atoms with Crippen molar-refractivity contribution < 1.29 is 4.79 Å². The molecule has 2 heterocycles. The van der Waals surface area contributed by atoms with Gasteiger partial charge >= 0.3 is 0 Å². The number of aliphatic imine (C=N–C) groups is 1. The van der Waals surface area contributed by atoms with E-state index in [1.54, 1.807) is 11.0 Å². The number of carbonyl (C=O) groups excluding carboxylic acids is 1. The highest BCUT2D eigenvalue weighted by Crippen LogP contribution is 2.37. The number of aromatic nitrogens is 1. The Hall–Kier alpha value is -2.28. The third-order valence-electron chi connectivity index (χ3n) is 4.13. The number of rotatable bonds is 3. The van der Waals surface area contributed by atoms with Crippen molar-refractivity contribution in [3.8, 4) is 0 Å². The van der Waals surface area contributed by atoms with Gasteiger partial charge in [-0.25, -0.2) is 9.98 Å². The highest BCUT2D eigenvalue weighted by molar-refractivity contribution is 7.22. The van der Waals surface area contributed by atoms with Crippen LogP contribution in [-0.2, 0) is 4.79 Å². The minimum Gasteiger partial charge on any atom is -0.293 e. The first-order chi connectivity index (χ1) is 12.4. The van der Waals surface area contributed by atoms with E-state index >= 15 is 0 Å². The van der Waals surface area contributed by atoms with Crippen molar-refractivity contribution in [1.82, 2.24) is 9.88 Å². The summed E-state index contributed by atoms with van der Waals surface area (Å²) in [6, 6.07) is 11.6. The number of fused-ring (bicyclic) bond motifs is 2. The van der Waals surface area contributed by atoms with Gasteiger partial charge in [0, 0.05) is 5.56 Å². The normalized spacial score (nSPS) is 15.5. The number of anilines is 1. The standard InChI is InChI=1S/C19H17ClN4OS/c1-11-7-8-13-15(9-11)26-19(21-13)22-17-16-12(20)5-4-6-14(16)24(18(17)25)10-23(2)3/h4-9H,10H2,1-3H3/b22-17-. The van der Waals surface area contributed by atoms with Gasteiger partial charge in [-0.1, -0.05) is 35.1 Å². The average Bonchev–Trinajstić information content (AvgIpc) is 3.09. The molecular formula is C19H17ClN4OS. The predicted molar refractivity (Wildman–Crippen MR) is 108 cm³/mol. The lowest BCUT2D eigenvalue weighted by molar-refractivity contribution is -0.112. The maximum atomic E-state index is 13.0. The third kappa shape index (κ3) is 2.90. The van der Waals surface area contributed by atoms with Gasteiger partial charge < -0.3 is 0 Å². The Morgan fingerprint density at radius 2 is 2.08 bits per heavy atom. The van der Waals surface area contributed by atoms with Crippen molar-refractivity contribution in [2.24, 2.45) is 4.99 Å². The summed E-state index contributed by atoms with van der Waals surface area (Å²) in [5.74, 6) is -0.155. The number of aryl methyl sites for hydroxylation is 1. The number of nitrogens with zero attached hydrogens (tertiary/aromatic N) is 4. The van der Waals surface area contributed by atoms with E-state index in [2.05, 4.69) is 16.0 Å². The van der Waals surface area contributed by atoms with Gasteiger partial charge in [-0.2, -0.15) is 0 Å². The fourth-order valence-corrected chi connectivity index (χ4v) is 4.21. The summed E-state index contributed by atoms with van der Waals surface area (Å²) in [6.45, 7) is 2.50. The van der Waals surface area contributed by atoms with Crippen LogP contribution in [0.15, 0.2) is 41.4 Å². The Labute approximate surface area is 160 Å². The van der Waals surface area contributed by atoms with Crippen molar-refractivity contribution in [2.75, 3.05) is 25.7 Å². The molecule has 0 N–H and O–H groups in total. The molecule has 0 aliphatic carbocycles. The molecule has 0 saturated heterocycles. The summed E-state index contributed by atoms with van der Waals surface area (Å²) in [5, 5.41) is 1.08. The number of hydrogen-bond acceptors (Lipinski definition) is 5. The van der Waals surface area contributed by atoms with Crippen LogP contribution in [0.2, 0.25) is 5.02 Å². The molecule has 5 nitrogen and oxygen atoms in total. The molecule has 4 rings (SSSR count). The number of carbonyl (C=O) groups is 1. The van der Waals surface area contributed by atoms with E-state index < -0.39 is 0 Å². The van der Waals surface area contributed by atoms with Crippen molar-refractivity contribution in [3.63, 3.8) is 0 Å². The van der Waals surface area contributed by atoms with Crippen LogP contribution in [-0.4, -0.2) is 42.3 Å². The first-order valence-electron chi connectivity index (χ1n) is 8.15. The molecule has 132 valence electrons. The highest BCUT2D eigenvalue weighted by Gasteiger charge is 2.36. The number of amides is 1. The SMILES string of the molecule is Cc1ccc2nc(/N=C3\C(=O)N(CN(C)C)c4cccc(Cl)c43)sc2c1. The van der Waals surface area contributed by atoms with Crippen LogP contribution in [0.1, 0.15) is 11.1 Å². The Balaban J connectivity index is 1.84. The summed E-state index contributed by atoms with van der Waals surface area (Å²) in [7, 11) is 3.84. The van der Waals surface area contributed by atoms with Gasteiger partial charge in [0.1, 0.15) is 5.71 Å². The van der Waals surface area contributed by atoms with Gasteiger partial charge in [0.15, 0.2) is 0 Å². The van der Waals surface area contributed by atoms with Gasteiger partial charge in [-0.05, 0) is 50.8 Å². The molecule has 0 spiro atoms. The second-order valence-electron chi connectivity index (χ2n) is 6.52. The summed E-state index contributed by atoms with van der Waals surface area (Å²) in [5.41, 5.74) is 3.87. The maximum Gasteiger partial charge on any atom is 0.278 e. The number of benzene rings is 2. The van der Waals surface area contributed by atoms with Crippen molar-refractivity contribution >= 4 is 55.6 Å². The summed E-state index contributed by atoms with van der Waals surface area (Å²) in [4.78, 5) is 25.8. The van der Waals surface area contributed by atoms with Crippen LogP contribution in [0, 0.1) is 6.92 Å². The van der Waals surface area contributed by atoms with Crippen LogP contribution < -0.4 is 4.90 Å². The van der Waals surface area contributed by atoms with Gasteiger partial charge in [0.05, 0.1) is 27.6 Å². The molecule has 1 aliphatic heterocycles. The monoisotopic (exact) mass is 384 g/mol. The first-order valence-corrected chi connectivity index (χ1v) is 9.35. The highest BCUT2D eigenvalue weighted by atomic mass is 35.5. The number of hydrogen-bond donors (Lipinski definition) is 0. The number of thiazole rings is 1. The third-order valence-corrected chi connectivity index (χ3v) is 5.36. The van der Waals surface area contributed by atoms with Crippen molar-refractivity contribution in [2.45, 2.75) is 6.92 Å². The molecule has 7 heteroatoms. The van der Waals surface area contributed by atoms with Gasteiger partial charge in [0.25, 0.3) is 5.91 Å². The van der Waals surface area contributed by atoms with E-state index in [1.165, 1.54) is 16.9 Å².